The first-order valence-corrected chi connectivity index (χ1v) is 10.8. The SMILES string of the molecule is CN1CCC(Cc2nc(CCc3cccnc3)n(C3CCCCC3)n2)CC1. The van der Waals surface area contributed by atoms with E-state index in [4.69, 9.17) is 10.1 Å². The van der Waals surface area contributed by atoms with Crippen molar-refractivity contribution in [2.75, 3.05) is 20.1 Å². The lowest BCUT2D eigenvalue weighted by Crippen LogP contribution is -2.31. The number of piperidine rings is 1. The van der Waals surface area contributed by atoms with Crippen molar-refractivity contribution in [1.29, 1.82) is 0 Å². The summed E-state index contributed by atoms with van der Waals surface area (Å²) >= 11 is 0. The van der Waals surface area contributed by atoms with Crippen LogP contribution in [0.4, 0.5) is 0 Å². The van der Waals surface area contributed by atoms with Crippen molar-refractivity contribution in [3.8, 4) is 0 Å². The maximum Gasteiger partial charge on any atom is 0.151 e. The van der Waals surface area contributed by atoms with E-state index in [-0.39, 0.29) is 0 Å². The largest absolute Gasteiger partial charge is 0.306 e. The van der Waals surface area contributed by atoms with Gasteiger partial charge >= 0.3 is 0 Å². The maximum absolute atomic E-state index is 5.04. The molecule has 0 aromatic carbocycles. The molecule has 5 heteroatoms. The van der Waals surface area contributed by atoms with Crippen LogP contribution in [0.2, 0.25) is 0 Å². The summed E-state index contributed by atoms with van der Waals surface area (Å²) in [6.45, 7) is 2.42. The molecule has 1 aliphatic heterocycles. The number of aryl methyl sites for hydroxylation is 2. The minimum Gasteiger partial charge on any atom is -0.306 e. The molecule has 2 aliphatic rings. The van der Waals surface area contributed by atoms with Crippen LogP contribution < -0.4 is 0 Å². The molecule has 5 nitrogen and oxygen atoms in total. The lowest BCUT2D eigenvalue weighted by Gasteiger charge is -2.28. The molecule has 2 aromatic rings. The van der Waals surface area contributed by atoms with Gasteiger partial charge in [-0.05, 0) is 69.8 Å². The van der Waals surface area contributed by atoms with Crippen molar-refractivity contribution in [3.05, 3.63) is 41.7 Å². The zero-order valence-corrected chi connectivity index (χ0v) is 16.7. The van der Waals surface area contributed by atoms with E-state index in [1.54, 1.807) is 0 Å². The van der Waals surface area contributed by atoms with E-state index < -0.39 is 0 Å². The molecule has 2 aromatic heterocycles. The third kappa shape index (κ3) is 4.95. The molecule has 0 bridgehead atoms. The number of nitrogens with zero attached hydrogens (tertiary/aromatic N) is 5. The Bertz CT molecular complexity index is 697. The Morgan fingerprint density at radius 2 is 1.85 bits per heavy atom. The summed E-state index contributed by atoms with van der Waals surface area (Å²) in [6, 6.07) is 4.74. The van der Waals surface area contributed by atoms with Gasteiger partial charge in [0.25, 0.3) is 0 Å². The summed E-state index contributed by atoms with van der Waals surface area (Å²) < 4.78 is 2.31. The smallest absolute Gasteiger partial charge is 0.151 e. The zero-order valence-electron chi connectivity index (χ0n) is 16.7. The molecule has 0 radical (unpaired) electrons. The Hall–Kier alpha value is -1.75. The van der Waals surface area contributed by atoms with E-state index in [0.717, 1.165) is 31.0 Å². The van der Waals surface area contributed by atoms with Gasteiger partial charge in [0.1, 0.15) is 5.82 Å². The molecule has 1 saturated carbocycles. The van der Waals surface area contributed by atoms with Crippen molar-refractivity contribution < 1.29 is 0 Å². The van der Waals surface area contributed by atoms with Gasteiger partial charge in [-0.2, -0.15) is 5.10 Å². The standard InChI is InChI=1S/C22H33N5/c1-26-14-11-18(12-15-26)16-21-24-22(10-9-19-6-5-13-23-17-19)27(25-21)20-7-3-2-4-8-20/h5-6,13,17-18,20H,2-4,7-12,14-16H2,1H3. The molecule has 146 valence electrons. The fraction of sp³-hybridized carbons (Fsp3) is 0.682. The molecule has 2 fully saturated rings. The molecule has 1 saturated heterocycles. The molecule has 0 amide bonds. The molecule has 3 heterocycles. The second-order valence-electron chi connectivity index (χ2n) is 8.49. The predicted molar refractivity (Wildman–Crippen MR) is 108 cm³/mol. The van der Waals surface area contributed by atoms with Gasteiger partial charge in [-0.25, -0.2) is 9.67 Å². The van der Waals surface area contributed by atoms with Crippen LogP contribution in [0.3, 0.4) is 0 Å². The van der Waals surface area contributed by atoms with Gasteiger partial charge < -0.3 is 4.90 Å². The van der Waals surface area contributed by atoms with Crippen LogP contribution in [0, 0.1) is 5.92 Å². The normalized spacial score (nSPS) is 20.2. The third-order valence-electron chi connectivity index (χ3n) is 6.34. The predicted octanol–water partition coefficient (Wildman–Crippen LogP) is 3.85. The first-order chi connectivity index (χ1) is 13.3. The Morgan fingerprint density at radius 3 is 2.59 bits per heavy atom. The second-order valence-corrected chi connectivity index (χ2v) is 8.49. The van der Waals surface area contributed by atoms with Gasteiger partial charge in [0.15, 0.2) is 5.82 Å². The van der Waals surface area contributed by atoms with Crippen molar-refractivity contribution >= 4 is 0 Å². The first kappa shape index (κ1) is 18.6. The molecule has 4 rings (SSSR count). The van der Waals surface area contributed by atoms with Crippen LogP contribution in [-0.2, 0) is 19.3 Å². The zero-order chi connectivity index (χ0) is 18.5. The number of hydrogen-bond donors (Lipinski definition) is 0. The molecule has 0 spiro atoms. The molecule has 27 heavy (non-hydrogen) atoms. The van der Waals surface area contributed by atoms with Crippen LogP contribution in [0.25, 0.3) is 0 Å². The van der Waals surface area contributed by atoms with Crippen molar-refractivity contribution in [1.82, 2.24) is 24.6 Å². The summed E-state index contributed by atoms with van der Waals surface area (Å²) in [5.74, 6) is 3.01. The fourth-order valence-electron chi connectivity index (χ4n) is 4.61. The average molecular weight is 368 g/mol. The Kier molecular flexibility index (Phi) is 6.17. The molecular weight excluding hydrogens is 334 g/mol. The van der Waals surface area contributed by atoms with Gasteiger partial charge in [0, 0.05) is 25.2 Å². The number of aromatic nitrogens is 4. The Balaban J connectivity index is 1.47. The van der Waals surface area contributed by atoms with Crippen molar-refractivity contribution in [3.63, 3.8) is 0 Å². The number of likely N-dealkylation sites (tertiary alicyclic amines) is 1. The highest BCUT2D eigenvalue weighted by atomic mass is 15.4. The molecular formula is C22H33N5. The van der Waals surface area contributed by atoms with Gasteiger partial charge in [0.05, 0.1) is 6.04 Å². The van der Waals surface area contributed by atoms with Crippen LogP contribution in [-0.4, -0.2) is 44.8 Å². The van der Waals surface area contributed by atoms with Crippen LogP contribution >= 0.6 is 0 Å². The summed E-state index contributed by atoms with van der Waals surface area (Å²) in [5, 5.41) is 5.04. The second kappa shape index (κ2) is 8.96. The lowest BCUT2D eigenvalue weighted by molar-refractivity contribution is 0.217. The van der Waals surface area contributed by atoms with Crippen LogP contribution in [0.1, 0.15) is 68.2 Å². The average Bonchev–Trinajstić information content (AvgIpc) is 3.12. The highest BCUT2D eigenvalue weighted by Crippen LogP contribution is 2.29. The van der Waals surface area contributed by atoms with E-state index in [9.17, 15) is 0 Å². The van der Waals surface area contributed by atoms with Gasteiger partial charge in [-0.15, -0.1) is 0 Å². The van der Waals surface area contributed by atoms with E-state index >= 15 is 0 Å². The first-order valence-electron chi connectivity index (χ1n) is 10.8. The molecule has 0 atom stereocenters. The van der Waals surface area contributed by atoms with Gasteiger partial charge in [-0.3, -0.25) is 4.98 Å². The van der Waals surface area contributed by atoms with Gasteiger partial charge in [0.2, 0.25) is 0 Å². The lowest BCUT2D eigenvalue weighted by atomic mass is 9.94. The summed E-state index contributed by atoms with van der Waals surface area (Å²) in [5.41, 5.74) is 1.28. The molecule has 0 unspecified atom stereocenters. The number of pyridine rings is 1. The summed E-state index contributed by atoms with van der Waals surface area (Å²) in [4.78, 5) is 11.7. The van der Waals surface area contributed by atoms with E-state index in [1.165, 1.54) is 69.4 Å². The fourth-order valence-corrected chi connectivity index (χ4v) is 4.61. The topological polar surface area (TPSA) is 46.8 Å². The Morgan fingerprint density at radius 1 is 1.04 bits per heavy atom. The quantitative estimate of drug-likeness (QED) is 0.778. The van der Waals surface area contributed by atoms with Crippen molar-refractivity contribution in [2.24, 2.45) is 5.92 Å². The van der Waals surface area contributed by atoms with Crippen LogP contribution in [0.5, 0.6) is 0 Å². The van der Waals surface area contributed by atoms with Gasteiger partial charge in [-0.1, -0.05) is 25.3 Å². The number of hydrogen-bond acceptors (Lipinski definition) is 4. The monoisotopic (exact) mass is 367 g/mol. The maximum atomic E-state index is 5.04. The van der Waals surface area contributed by atoms with E-state index in [2.05, 4.69) is 27.7 Å². The number of rotatable bonds is 6. The summed E-state index contributed by atoms with van der Waals surface area (Å²) in [7, 11) is 2.23. The minimum atomic E-state index is 0.557. The molecule has 1 aliphatic carbocycles. The third-order valence-corrected chi connectivity index (χ3v) is 6.34. The molecule has 0 N–H and O–H groups in total. The van der Waals surface area contributed by atoms with Crippen molar-refractivity contribution in [2.45, 2.75) is 70.3 Å². The minimum absolute atomic E-state index is 0.557. The summed E-state index contributed by atoms with van der Waals surface area (Å²) in [6.07, 6.45) is 15.9. The Labute approximate surface area is 163 Å². The van der Waals surface area contributed by atoms with E-state index in [1.807, 2.05) is 18.5 Å². The van der Waals surface area contributed by atoms with E-state index in [0.29, 0.717) is 6.04 Å². The highest BCUT2D eigenvalue weighted by Gasteiger charge is 2.23. The highest BCUT2D eigenvalue weighted by molar-refractivity contribution is 5.10. The van der Waals surface area contributed by atoms with Crippen LogP contribution in [0.15, 0.2) is 24.5 Å².